The van der Waals surface area contributed by atoms with Gasteiger partial charge in [0.05, 0.1) is 5.02 Å². The Morgan fingerprint density at radius 2 is 1.81 bits per heavy atom. The van der Waals surface area contributed by atoms with Crippen LogP contribution in [0.4, 0.5) is 13.2 Å². The number of nitrogens with zero attached hydrogens (tertiary/aromatic N) is 2. The van der Waals surface area contributed by atoms with Gasteiger partial charge in [-0.15, -0.1) is 0 Å². The molecule has 0 bridgehead atoms. The molecule has 0 radical (unpaired) electrons. The van der Waals surface area contributed by atoms with E-state index in [0.717, 1.165) is 12.1 Å². The van der Waals surface area contributed by atoms with E-state index < -0.39 is 28.1 Å². The highest BCUT2D eigenvalue weighted by molar-refractivity contribution is 6.30. The summed E-state index contributed by atoms with van der Waals surface area (Å²) in [5, 5.41) is 9.95. The lowest BCUT2D eigenvalue weighted by Gasteiger charge is -2.32. The second-order valence-corrected chi connectivity index (χ2v) is 5.13. The van der Waals surface area contributed by atoms with Gasteiger partial charge in [-0.3, -0.25) is 4.98 Å². The number of hydrogen-bond donors (Lipinski definition) is 1. The molecule has 0 aliphatic heterocycles. The minimum Gasteiger partial charge on any atom is -0.372 e. The maximum absolute atomic E-state index is 13.6. The molecule has 1 N–H and O–H groups in total. The number of aromatic nitrogens is 2. The van der Waals surface area contributed by atoms with E-state index in [4.69, 9.17) is 23.2 Å². The summed E-state index contributed by atoms with van der Waals surface area (Å²) >= 11 is 11.4. The van der Waals surface area contributed by atoms with Gasteiger partial charge in [0.15, 0.2) is 0 Å². The second kappa shape index (κ2) is 5.44. The van der Waals surface area contributed by atoms with Gasteiger partial charge in [-0.2, -0.15) is 13.2 Å². The third-order valence-electron chi connectivity index (χ3n) is 3.00. The Kier molecular flexibility index (Phi) is 4.15. The fourth-order valence-corrected chi connectivity index (χ4v) is 2.39. The van der Waals surface area contributed by atoms with E-state index in [1.165, 1.54) is 25.4 Å². The van der Waals surface area contributed by atoms with Gasteiger partial charge in [0.25, 0.3) is 0 Å². The molecule has 2 aromatic heterocycles. The standard InChI is InChI=1S/C13H9Cl2F3N2O/c1-7-10(5-8(14)6-20-7)12(21,13(16,17)18)9-3-2-4-19-11(9)15/h2-6,21H,1H3. The molecule has 1 unspecified atom stereocenters. The summed E-state index contributed by atoms with van der Waals surface area (Å²) < 4.78 is 40.7. The number of hydrogen-bond acceptors (Lipinski definition) is 3. The minimum absolute atomic E-state index is 0.0147. The van der Waals surface area contributed by atoms with Gasteiger partial charge in [-0.05, 0) is 19.1 Å². The van der Waals surface area contributed by atoms with Crippen LogP contribution in [-0.4, -0.2) is 21.3 Å². The number of halogens is 5. The second-order valence-electron chi connectivity index (χ2n) is 4.34. The first-order chi connectivity index (χ1) is 9.68. The Balaban J connectivity index is 2.81. The van der Waals surface area contributed by atoms with Crippen LogP contribution < -0.4 is 0 Å². The zero-order valence-corrected chi connectivity index (χ0v) is 12.1. The molecule has 0 amide bonds. The maximum Gasteiger partial charge on any atom is 0.425 e. The summed E-state index contributed by atoms with van der Waals surface area (Å²) in [7, 11) is 0. The van der Waals surface area contributed by atoms with Crippen molar-refractivity contribution >= 4 is 23.2 Å². The van der Waals surface area contributed by atoms with Crippen LogP contribution in [0, 0.1) is 6.92 Å². The van der Waals surface area contributed by atoms with Crippen molar-refractivity contribution in [2.24, 2.45) is 0 Å². The van der Waals surface area contributed by atoms with Gasteiger partial charge in [-0.25, -0.2) is 4.98 Å². The van der Waals surface area contributed by atoms with E-state index in [1.54, 1.807) is 0 Å². The Bertz CT molecular complexity index is 679. The highest BCUT2D eigenvalue weighted by atomic mass is 35.5. The molecular weight excluding hydrogens is 328 g/mol. The first-order valence-corrected chi connectivity index (χ1v) is 6.46. The number of pyridine rings is 2. The molecule has 2 aromatic rings. The number of rotatable bonds is 2. The summed E-state index contributed by atoms with van der Waals surface area (Å²) in [6.45, 7) is 1.34. The van der Waals surface area contributed by atoms with Crippen LogP contribution in [0.3, 0.4) is 0 Å². The molecule has 0 aromatic carbocycles. The maximum atomic E-state index is 13.6. The van der Waals surface area contributed by atoms with Crippen LogP contribution in [0.1, 0.15) is 16.8 Å². The van der Waals surface area contributed by atoms with Crippen molar-refractivity contribution in [2.45, 2.75) is 18.7 Å². The SMILES string of the molecule is Cc1ncc(Cl)cc1C(O)(c1cccnc1Cl)C(F)(F)F. The van der Waals surface area contributed by atoms with Crippen molar-refractivity contribution in [3.05, 3.63) is 57.6 Å². The number of aliphatic hydroxyl groups is 1. The monoisotopic (exact) mass is 336 g/mol. The zero-order valence-electron chi connectivity index (χ0n) is 10.6. The van der Waals surface area contributed by atoms with Crippen molar-refractivity contribution < 1.29 is 18.3 Å². The van der Waals surface area contributed by atoms with E-state index in [1.807, 2.05) is 0 Å². The van der Waals surface area contributed by atoms with Gasteiger partial charge in [-0.1, -0.05) is 29.3 Å². The van der Waals surface area contributed by atoms with Crippen molar-refractivity contribution in [1.82, 2.24) is 9.97 Å². The summed E-state index contributed by atoms with van der Waals surface area (Å²) in [4.78, 5) is 7.35. The van der Waals surface area contributed by atoms with E-state index in [0.29, 0.717) is 0 Å². The Morgan fingerprint density at radius 3 is 2.38 bits per heavy atom. The van der Waals surface area contributed by atoms with Crippen molar-refractivity contribution in [2.75, 3.05) is 0 Å². The van der Waals surface area contributed by atoms with E-state index in [-0.39, 0.29) is 10.7 Å². The molecule has 0 spiro atoms. The van der Waals surface area contributed by atoms with Crippen LogP contribution >= 0.6 is 23.2 Å². The number of aryl methyl sites for hydroxylation is 1. The van der Waals surface area contributed by atoms with E-state index in [9.17, 15) is 18.3 Å². The Morgan fingerprint density at radius 1 is 1.14 bits per heavy atom. The minimum atomic E-state index is -5.03. The average Bonchev–Trinajstić information content (AvgIpc) is 2.40. The van der Waals surface area contributed by atoms with Crippen LogP contribution in [0.5, 0.6) is 0 Å². The van der Waals surface area contributed by atoms with Crippen molar-refractivity contribution in [3.63, 3.8) is 0 Å². The molecule has 0 saturated carbocycles. The summed E-state index contributed by atoms with van der Waals surface area (Å²) in [5.74, 6) is 0. The lowest BCUT2D eigenvalue weighted by Crippen LogP contribution is -2.44. The zero-order chi connectivity index (χ0) is 15.8. The third-order valence-corrected chi connectivity index (χ3v) is 3.51. The van der Waals surface area contributed by atoms with Gasteiger partial charge in [0.1, 0.15) is 5.15 Å². The average molecular weight is 337 g/mol. The van der Waals surface area contributed by atoms with Crippen molar-refractivity contribution in [3.8, 4) is 0 Å². The van der Waals surface area contributed by atoms with Gasteiger partial charge < -0.3 is 5.11 Å². The highest BCUT2D eigenvalue weighted by Crippen LogP contribution is 2.47. The van der Waals surface area contributed by atoms with Crippen LogP contribution in [0.2, 0.25) is 10.2 Å². The van der Waals surface area contributed by atoms with Gasteiger partial charge in [0.2, 0.25) is 5.60 Å². The molecule has 0 saturated heterocycles. The topological polar surface area (TPSA) is 46.0 Å². The molecule has 1 atom stereocenters. The van der Waals surface area contributed by atoms with Crippen LogP contribution in [0.15, 0.2) is 30.6 Å². The summed E-state index contributed by atoms with van der Waals surface area (Å²) in [5.41, 5.74) is -4.43. The lowest BCUT2D eigenvalue weighted by atomic mass is 9.85. The van der Waals surface area contributed by atoms with Crippen LogP contribution in [0.25, 0.3) is 0 Å². The first-order valence-electron chi connectivity index (χ1n) is 5.70. The number of alkyl halides is 3. The smallest absolute Gasteiger partial charge is 0.372 e. The summed E-state index contributed by atoms with van der Waals surface area (Å²) in [6, 6.07) is 3.33. The highest BCUT2D eigenvalue weighted by Gasteiger charge is 2.58. The first kappa shape index (κ1) is 16.0. The molecule has 0 aliphatic rings. The molecule has 0 fully saturated rings. The third kappa shape index (κ3) is 2.71. The molecule has 21 heavy (non-hydrogen) atoms. The molecule has 3 nitrogen and oxygen atoms in total. The molecular formula is C13H9Cl2F3N2O. The Hall–Kier alpha value is -1.37. The molecule has 112 valence electrons. The predicted octanol–water partition coefficient (Wildman–Crippen LogP) is 3.89. The van der Waals surface area contributed by atoms with Crippen LogP contribution in [-0.2, 0) is 5.60 Å². The molecule has 0 aliphatic carbocycles. The normalized spacial score (nSPS) is 14.8. The van der Waals surface area contributed by atoms with Gasteiger partial charge >= 0.3 is 6.18 Å². The van der Waals surface area contributed by atoms with Crippen molar-refractivity contribution in [1.29, 1.82) is 0 Å². The fraction of sp³-hybridized carbons (Fsp3) is 0.231. The van der Waals surface area contributed by atoms with E-state index in [2.05, 4.69) is 9.97 Å². The van der Waals surface area contributed by atoms with E-state index >= 15 is 0 Å². The lowest BCUT2D eigenvalue weighted by molar-refractivity contribution is -0.248. The predicted molar refractivity (Wildman–Crippen MR) is 72.3 cm³/mol. The molecule has 2 heterocycles. The molecule has 8 heteroatoms. The fourth-order valence-electron chi connectivity index (χ4n) is 1.98. The summed E-state index contributed by atoms with van der Waals surface area (Å²) in [6.07, 6.45) is -2.61. The van der Waals surface area contributed by atoms with Gasteiger partial charge in [0, 0.05) is 29.2 Å². The largest absolute Gasteiger partial charge is 0.425 e. The Labute approximate surface area is 128 Å². The molecule has 2 rings (SSSR count). The quantitative estimate of drug-likeness (QED) is 0.846.